The Bertz CT molecular complexity index is 6900. The highest BCUT2D eigenvalue weighted by Crippen LogP contribution is 2.65. The molecule has 564 valence electrons. The van der Waals surface area contributed by atoms with Gasteiger partial charge in [-0.3, -0.25) is 0 Å². The lowest BCUT2D eigenvalue weighted by molar-refractivity contribution is 0.360. The molecule has 2 atom stereocenters. The van der Waals surface area contributed by atoms with Crippen LogP contribution >= 0.6 is 0 Å². The number of ether oxygens (including phenoxy) is 4. The summed E-state index contributed by atoms with van der Waals surface area (Å²) in [6, 6.07) is 156. The minimum atomic E-state index is -0.619. The van der Waals surface area contributed by atoms with Gasteiger partial charge in [0, 0.05) is 50.7 Å². The maximum Gasteiger partial charge on any atom is 0.178 e. The van der Waals surface area contributed by atoms with E-state index in [1.807, 2.05) is 48.5 Å². The molecule has 18 aromatic carbocycles. The molecule has 0 N–H and O–H groups in total. The number of hydrogen-bond donors (Lipinski definition) is 0. The molecular formula is C113H78N2O4. The molecule has 0 bridgehead atoms. The quantitative estimate of drug-likeness (QED) is 0.115. The van der Waals surface area contributed by atoms with E-state index in [0.29, 0.717) is 0 Å². The molecule has 2 aliphatic heterocycles. The topological polar surface area (TPSA) is 43.4 Å². The van der Waals surface area contributed by atoms with Gasteiger partial charge in [0.15, 0.2) is 46.0 Å². The molecule has 18 aromatic rings. The van der Waals surface area contributed by atoms with Crippen molar-refractivity contribution in [2.75, 3.05) is 9.80 Å². The van der Waals surface area contributed by atoms with E-state index in [1.54, 1.807) is 0 Å². The number of benzene rings is 18. The zero-order valence-corrected chi connectivity index (χ0v) is 65.6. The smallest absolute Gasteiger partial charge is 0.178 e. The first-order chi connectivity index (χ1) is 58.7. The van der Waals surface area contributed by atoms with Crippen molar-refractivity contribution in [2.45, 2.75) is 30.1 Å². The number of nitrogens with zero attached hydrogens (tertiary/aromatic N) is 2. The Balaban J connectivity index is 0.000000143. The fourth-order valence-corrected chi connectivity index (χ4v) is 19.4. The second-order valence-corrected chi connectivity index (χ2v) is 31.7. The summed E-state index contributed by atoms with van der Waals surface area (Å²) in [5.41, 5.74) is 31.7. The Labute approximate surface area is 693 Å². The van der Waals surface area contributed by atoms with E-state index >= 15 is 0 Å². The van der Waals surface area contributed by atoms with Crippen molar-refractivity contribution in [2.24, 2.45) is 0 Å². The van der Waals surface area contributed by atoms with E-state index in [4.69, 9.17) is 18.9 Å². The molecule has 2 unspecified atom stereocenters. The van der Waals surface area contributed by atoms with E-state index in [0.717, 1.165) is 102 Å². The van der Waals surface area contributed by atoms with Crippen LogP contribution in [0.4, 0.5) is 34.1 Å². The van der Waals surface area contributed by atoms with Crippen molar-refractivity contribution in [3.05, 3.63) is 492 Å². The summed E-state index contributed by atoms with van der Waals surface area (Å²) in [5.74, 6) is 5.84. The molecule has 6 nitrogen and oxygen atoms in total. The first kappa shape index (κ1) is 70.4. The van der Waals surface area contributed by atoms with Gasteiger partial charge in [-0.05, 0) is 220 Å². The van der Waals surface area contributed by atoms with Crippen LogP contribution in [-0.2, 0) is 16.2 Å². The van der Waals surface area contributed by atoms with Gasteiger partial charge in [0.25, 0.3) is 0 Å². The molecule has 0 aromatic heterocycles. The molecule has 119 heavy (non-hydrogen) atoms. The van der Waals surface area contributed by atoms with Crippen molar-refractivity contribution in [1.82, 2.24) is 0 Å². The van der Waals surface area contributed by atoms with Crippen LogP contribution in [0.1, 0.15) is 69.5 Å². The lowest BCUT2D eigenvalue weighted by Gasteiger charge is -2.35. The summed E-state index contributed by atoms with van der Waals surface area (Å²) in [5, 5.41) is 0. The Morgan fingerprint density at radius 3 is 0.882 bits per heavy atom. The summed E-state index contributed by atoms with van der Waals surface area (Å²) in [4.78, 5) is 4.73. The Hall–Kier alpha value is -15.2. The SMILES string of the molecule is CC1(C)c2ccccc2-c2cc(N(c3ccc(-c4ccccc4)cc3)c3ccc(C4(c5ccccc5)c5ccccc5-c5c4ccc4c5Oc5ccccc5O4)cc3)ccc21.c1ccc(-c2ccc(-c3ccc(N(c4ccccc4)c4ccc(C5(c6ccccc6)c6ccccc6-c6c5ccc5c6Oc6ccccc6O5)cc4)cc3)cc2)cc1. The van der Waals surface area contributed by atoms with Crippen LogP contribution in [-0.4, -0.2) is 0 Å². The summed E-state index contributed by atoms with van der Waals surface area (Å²) in [6.07, 6.45) is 0. The second kappa shape index (κ2) is 28.6. The van der Waals surface area contributed by atoms with E-state index < -0.39 is 10.8 Å². The van der Waals surface area contributed by atoms with Crippen LogP contribution in [0.5, 0.6) is 46.0 Å². The van der Waals surface area contributed by atoms with Crippen LogP contribution < -0.4 is 28.7 Å². The number of rotatable bonds is 13. The molecule has 0 radical (unpaired) electrons. The lowest BCUT2D eigenvalue weighted by Crippen LogP contribution is -2.28. The van der Waals surface area contributed by atoms with Gasteiger partial charge in [0.1, 0.15) is 0 Å². The molecular weight excluding hydrogens is 1450 g/mol. The minimum Gasteiger partial charge on any atom is -0.449 e. The third-order valence-electron chi connectivity index (χ3n) is 24.9. The van der Waals surface area contributed by atoms with E-state index in [2.05, 4.69) is 412 Å². The Kier molecular flexibility index (Phi) is 16.9. The molecule has 2 heterocycles. The third kappa shape index (κ3) is 11.5. The van der Waals surface area contributed by atoms with E-state index in [-0.39, 0.29) is 5.41 Å². The number of anilines is 6. The van der Waals surface area contributed by atoms with Crippen molar-refractivity contribution in [3.63, 3.8) is 0 Å². The fourth-order valence-electron chi connectivity index (χ4n) is 19.4. The minimum absolute atomic E-state index is 0.0757. The normalized spacial score (nSPS) is 15.2. The Morgan fingerprint density at radius 1 is 0.185 bits per heavy atom. The first-order valence-electron chi connectivity index (χ1n) is 40.8. The molecule has 5 aliphatic rings. The third-order valence-corrected chi connectivity index (χ3v) is 24.9. The molecule has 0 saturated carbocycles. The van der Waals surface area contributed by atoms with Gasteiger partial charge in [-0.15, -0.1) is 0 Å². The Morgan fingerprint density at radius 2 is 0.462 bits per heavy atom. The highest BCUT2D eigenvalue weighted by molar-refractivity contribution is 5.95. The van der Waals surface area contributed by atoms with Gasteiger partial charge in [-0.1, -0.05) is 341 Å². The van der Waals surface area contributed by atoms with Gasteiger partial charge in [0.2, 0.25) is 0 Å². The molecule has 0 spiro atoms. The van der Waals surface area contributed by atoms with Crippen LogP contribution in [0, 0.1) is 0 Å². The van der Waals surface area contributed by atoms with Crippen LogP contribution in [0.2, 0.25) is 0 Å². The fraction of sp³-hybridized carbons (Fsp3) is 0.0442. The average Bonchev–Trinajstić information content (AvgIpc) is 1.54. The molecule has 0 amide bonds. The highest BCUT2D eigenvalue weighted by atomic mass is 16.6. The first-order valence-corrected chi connectivity index (χ1v) is 40.8. The van der Waals surface area contributed by atoms with Gasteiger partial charge in [-0.2, -0.15) is 0 Å². The van der Waals surface area contributed by atoms with Gasteiger partial charge >= 0.3 is 0 Å². The zero-order valence-electron chi connectivity index (χ0n) is 65.6. The summed E-state index contributed by atoms with van der Waals surface area (Å²) in [7, 11) is 0. The van der Waals surface area contributed by atoms with Crippen LogP contribution in [0.3, 0.4) is 0 Å². The predicted molar refractivity (Wildman–Crippen MR) is 484 cm³/mol. The second-order valence-electron chi connectivity index (χ2n) is 31.7. The van der Waals surface area contributed by atoms with E-state index in [1.165, 1.54) is 100 Å². The largest absolute Gasteiger partial charge is 0.449 e. The molecule has 3 aliphatic carbocycles. The van der Waals surface area contributed by atoms with Crippen LogP contribution in [0.25, 0.3) is 66.8 Å². The highest BCUT2D eigenvalue weighted by Gasteiger charge is 2.51. The predicted octanol–water partition coefficient (Wildman–Crippen LogP) is 30.1. The maximum atomic E-state index is 6.76. The van der Waals surface area contributed by atoms with Crippen LogP contribution in [0.15, 0.2) is 437 Å². The van der Waals surface area contributed by atoms with Crippen molar-refractivity contribution in [3.8, 4) is 113 Å². The molecule has 6 heteroatoms. The monoisotopic (exact) mass is 1530 g/mol. The molecule has 0 fully saturated rings. The van der Waals surface area contributed by atoms with Crippen molar-refractivity contribution >= 4 is 34.1 Å². The van der Waals surface area contributed by atoms with Gasteiger partial charge in [-0.25, -0.2) is 0 Å². The number of para-hydroxylation sites is 5. The molecule has 23 rings (SSSR count). The standard InChI is InChI=1S/C58H41NO2.C55H37NO2/c1-57(2)48-21-11-9-19-45(48)47-37-44(33-34-49(47)57)59(42-29-25-39(26-30-42)38-15-5-3-6-16-38)43-31-27-41(28-32-43)58(40-17-7-4-8-18-40)50-22-12-10-20-46(50)55-51(58)35-36-54-56(55)61-53-24-14-13-23-52(53)60-54;1-4-14-38(15-5-1)39-24-26-40(27-25-39)41-28-32-45(33-29-41)56(44-18-8-3-9-19-44)46-34-30-43(31-35-46)55(42-16-6-2-7-17-42)48-21-11-10-20-47(48)53-49(55)36-37-52-54(53)58-51-23-13-12-22-50(51)57-52/h3-37H,1-2H3;1-37H. The number of fused-ring (bicyclic) bond motifs is 15. The van der Waals surface area contributed by atoms with Crippen molar-refractivity contribution in [1.29, 1.82) is 0 Å². The summed E-state index contributed by atoms with van der Waals surface area (Å²) >= 11 is 0. The summed E-state index contributed by atoms with van der Waals surface area (Å²) in [6.45, 7) is 4.68. The van der Waals surface area contributed by atoms with Gasteiger partial charge < -0.3 is 28.7 Å². The maximum absolute atomic E-state index is 6.76. The zero-order chi connectivity index (χ0) is 79.2. The average molecular weight is 1530 g/mol. The van der Waals surface area contributed by atoms with Gasteiger partial charge in [0.05, 0.1) is 10.8 Å². The summed E-state index contributed by atoms with van der Waals surface area (Å²) < 4.78 is 26.4. The molecule has 0 saturated heterocycles. The lowest BCUT2D eigenvalue weighted by atomic mass is 9.67. The van der Waals surface area contributed by atoms with Crippen molar-refractivity contribution < 1.29 is 18.9 Å². The van der Waals surface area contributed by atoms with E-state index in [9.17, 15) is 0 Å². The number of hydrogen-bond acceptors (Lipinski definition) is 6.